The number of carbonyl (C=O) groups excluding carboxylic acids is 2. The van der Waals surface area contributed by atoms with Crippen molar-refractivity contribution in [3.8, 4) is 11.5 Å². The van der Waals surface area contributed by atoms with Gasteiger partial charge in [-0.25, -0.2) is 0 Å². The number of rotatable bonds is 7. The second-order valence-electron chi connectivity index (χ2n) is 8.55. The van der Waals surface area contributed by atoms with Crippen molar-refractivity contribution < 1.29 is 19.1 Å². The monoisotopic (exact) mass is 451 g/mol. The normalized spacial score (nSPS) is 17.1. The van der Waals surface area contributed by atoms with Crippen LogP contribution >= 0.6 is 0 Å². The molecule has 0 N–H and O–H groups in total. The highest BCUT2D eigenvalue weighted by molar-refractivity contribution is 5.80. The second kappa shape index (κ2) is 11.1. The summed E-state index contributed by atoms with van der Waals surface area (Å²) in [5, 5.41) is 0. The maximum absolute atomic E-state index is 13.1. The van der Waals surface area contributed by atoms with Crippen LogP contribution in [-0.4, -0.2) is 74.6 Å². The number of hydrogen-bond acceptors (Lipinski definition) is 5. The molecule has 2 fully saturated rings. The maximum Gasteiger partial charge on any atom is 0.225 e. The van der Waals surface area contributed by atoms with Gasteiger partial charge in [-0.2, -0.15) is 0 Å². The summed E-state index contributed by atoms with van der Waals surface area (Å²) in [5.41, 5.74) is 1.08. The van der Waals surface area contributed by atoms with Gasteiger partial charge in [-0.1, -0.05) is 30.3 Å². The highest BCUT2D eigenvalue weighted by Crippen LogP contribution is 2.29. The molecule has 2 aliphatic heterocycles. The number of hydrogen-bond donors (Lipinski definition) is 0. The fraction of sp³-hybridized carbons (Fsp3) is 0.462. The topological polar surface area (TPSA) is 62.3 Å². The largest absolute Gasteiger partial charge is 0.495 e. The molecule has 7 heteroatoms. The molecule has 0 aliphatic carbocycles. The number of benzene rings is 2. The zero-order valence-electron chi connectivity index (χ0n) is 19.3. The van der Waals surface area contributed by atoms with E-state index in [0.29, 0.717) is 39.2 Å². The lowest BCUT2D eigenvalue weighted by Crippen LogP contribution is -2.52. The van der Waals surface area contributed by atoms with Gasteiger partial charge in [0.25, 0.3) is 0 Å². The molecule has 2 aromatic carbocycles. The Kier molecular flexibility index (Phi) is 7.70. The molecule has 4 rings (SSSR count). The number of likely N-dealkylation sites (tertiary alicyclic amines) is 1. The summed E-state index contributed by atoms with van der Waals surface area (Å²) < 4.78 is 11.1. The molecule has 33 heavy (non-hydrogen) atoms. The number of piperazine rings is 1. The Bertz CT molecular complexity index is 920. The van der Waals surface area contributed by atoms with Crippen molar-refractivity contribution in [3.05, 3.63) is 54.6 Å². The quantitative estimate of drug-likeness (QED) is 0.648. The summed E-state index contributed by atoms with van der Waals surface area (Å²) in [5.74, 6) is 1.98. The van der Waals surface area contributed by atoms with Gasteiger partial charge in [-0.05, 0) is 37.1 Å². The van der Waals surface area contributed by atoms with E-state index in [1.54, 1.807) is 7.11 Å². The molecule has 0 bridgehead atoms. The van der Waals surface area contributed by atoms with Gasteiger partial charge in [0.1, 0.15) is 11.5 Å². The molecule has 2 saturated heterocycles. The molecule has 176 valence electrons. The standard InChI is InChI=1S/C26H33N3O4/c1-32-24-10-6-5-9-23(24)27-16-18-29(19-17-27)26(31)21-11-14-28(15-12-21)25(30)13-20-33-22-7-3-2-4-8-22/h2-10,21H,11-20H2,1H3. The molecule has 2 amide bonds. The van der Waals surface area contributed by atoms with E-state index < -0.39 is 0 Å². The Morgan fingerprint density at radius 1 is 0.848 bits per heavy atom. The number of ether oxygens (including phenoxy) is 2. The van der Waals surface area contributed by atoms with Crippen LogP contribution in [0.25, 0.3) is 0 Å². The van der Waals surface area contributed by atoms with Crippen molar-refractivity contribution in [2.75, 3.05) is 57.9 Å². The van der Waals surface area contributed by atoms with Crippen molar-refractivity contribution >= 4 is 17.5 Å². The SMILES string of the molecule is COc1ccccc1N1CCN(C(=O)C2CCN(C(=O)CCOc3ccccc3)CC2)CC1. The Balaban J connectivity index is 1.19. The summed E-state index contributed by atoms with van der Waals surface area (Å²) >= 11 is 0. The fourth-order valence-electron chi connectivity index (χ4n) is 4.62. The van der Waals surface area contributed by atoms with Gasteiger partial charge < -0.3 is 24.2 Å². The summed E-state index contributed by atoms with van der Waals surface area (Å²) in [6.07, 6.45) is 1.83. The molecule has 2 heterocycles. The van der Waals surface area contributed by atoms with Crippen LogP contribution in [-0.2, 0) is 9.59 Å². The van der Waals surface area contributed by atoms with Crippen LogP contribution in [0.4, 0.5) is 5.69 Å². The van der Waals surface area contributed by atoms with Crippen LogP contribution < -0.4 is 14.4 Å². The second-order valence-corrected chi connectivity index (χ2v) is 8.55. The van der Waals surface area contributed by atoms with Crippen LogP contribution in [0.15, 0.2) is 54.6 Å². The van der Waals surface area contributed by atoms with E-state index in [1.807, 2.05) is 58.3 Å². The summed E-state index contributed by atoms with van der Waals surface area (Å²) in [4.78, 5) is 31.7. The molecular weight excluding hydrogens is 418 g/mol. The third kappa shape index (κ3) is 5.78. The Hall–Kier alpha value is -3.22. The van der Waals surface area contributed by atoms with Crippen molar-refractivity contribution in [1.82, 2.24) is 9.80 Å². The number of para-hydroxylation sites is 3. The van der Waals surface area contributed by atoms with Crippen molar-refractivity contribution in [2.24, 2.45) is 5.92 Å². The number of carbonyl (C=O) groups is 2. The van der Waals surface area contributed by atoms with E-state index in [9.17, 15) is 9.59 Å². The van der Waals surface area contributed by atoms with Crippen LogP contribution in [0.3, 0.4) is 0 Å². The predicted molar refractivity (Wildman–Crippen MR) is 128 cm³/mol. The highest BCUT2D eigenvalue weighted by Gasteiger charge is 2.32. The lowest BCUT2D eigenvalue weighted by molar-refractivity contribution is -0.141. The predicted octanol–water partition coefficient (Wildman–Crippen LogP) is 3.05. The van der Waals surface area contributed by atoms with Gasteiger partial charge in [0.2, 0.25) is 11.8 Å². The molecule has 0 radical (unpaired) electrons. The average molecular weight is 452 g/mol. The van der Waals surface area contributed by atoms with Crippen LogP contribution in [0, 0.1) is 5.92 Å². The zero-order chi connectivity index (χ0) is 23.0. The molecule has 2 aliphatic rings. The van der Waals surface area contributed by atoms with E-state index in [0.717, 1.165) is 43.1 Å². The lowest BCUT2D eigenvalue weighted by atomic mass is 9.94. The molecular formula is C26H33N3O4. The van der Waals surface area contributed by atoms with Gasteiger partial charge in [0, 0.05) is 45.2 Å². The number of anilines is 1. The third-order valence-corrected chi connectivity index (χ3v) is 6.54. The van der Waals surface area contributed by atoms with E-state index in [2.05, 4.69) is 11.0 Å². The minimum Gasteiger partial charge on any atom is -0.495 e. The molecule has 7 nitrogen and oxygen atoms in total. The van der Waals surface area contributed by atoms with E-state index >= 15 is 0 Å². The summed E-state index contributed by atoms with van der Waals surface area (Å²) in [6, 6.07) is 17.5. The molecule has 0 saturated carbocycles. The van der Waals surface area contributed by atoms with Crippen molar-refractivity contribution in [1.29, 1.82) is 0 Å². The van der Waals surface area contributed by atoms with Gasteiger partial charge in [-0.3, -0.25) is 9.59 Å². The fourth-order valence-corrected chi connectivity index (χ4v) is 4.62. The first kappa shape index (κ1) is 23.0. The maximum atomic E-state index is 13.1. The Morgan fingerprint density at radius 2 is 1.52 bits per heavy atom. The number of piperidine rings is 1. The molecule has 2 aromatic rings. The molecule has 0 spiro atoms. The van der Waals surface area contributed by atoms with E-state index in [1.165, 1.54) is 0 Å². The van der Waals surface area contributed by atoms with Crippen LogP contribution in [0.2, 0.25) is 0 Å². The Labute approximate surface area is 195 Å². The van der Waals surface area contributed by atoms with Crippen LogP contribution in [0.5, 0.6) is 11.5 Å². The first-order chi connectivity index (χ1) is 16.2. The van der Waals surface area contributed by atoms with E-state index in [-0.39, 0.29) is 17.7 Å². The third-order valence-electron chi connectivity index (χ3n) is 6.54. The summed E-state index contributed by atoms with van der Waals surface area (Å²) in [7, 11) is 1.69. The van der Waals surface area contributed by atoms with Crippen molar-refractivity contribution in [2.45, 2.75) is 19.3 Å². The van der Waals surface area contributed by atoms with Gasteiger partial charge in [-0.15, -0.1) is 0 Å². The number of amides is 2. The molecule has 0 atom stereocenters. The van der Waals surface area contributed by atoms with Crippen molar-refractivity contribution in [3.63, 3.8) is 0 Å². The zero-order valence-corrected chi connectivity index (χ0v) is 19.3. The lowest BCUT2D eigenvalue weighted by Gasteiger charge is -2.39. The number of nitrogens with zero attached hydrogens (tertiary/aromatic N) is 3. The Morgan fingerprint density at radius 3 is 2.21 bits per heavy atom. The molecule has 0 unspecified atom stereocenters. The van der Waals surface area contributed by atoms with Gasteiger partial charge in [0.05, 0.1) is 25.8 Å². The van der Waals surface area contributed by atoms with Gasteiger partial charge >= 0.3 is 0 Å². The minimum atomic E-state index is 0.00688. The van der Waals surface area contributed by atoms with Crippen LogP contribution in [0.1, 0.15) is 19.3 Å². The number of methoxy groups -OCH3 is 1. The first-order valence-electron chi connectivity index (χ1n) is 11.8. The highest BCUT2D eigenvalue weighted by atomic mass is 16.5. The first-order valence-corrected chi connectivity index (χ1v) is 11.8. The summed E-state index contributed by atoms with van der Waals surface area (Å²) in [6.45, 7) is 4.68. The molecule has 0 aromatic heterocycles. The smallest absolute Gasteiger partial charge is 0.225 e. The van der Waals surface area contributed by atoms with Gasteiger partial charge in [0.15, 0.2) is 0 Å². The average Bonchev–Trinajstić information content (AvgIpc) is 2.89. The van der Waals surface area contributed by atoms with E-state index in [4.69, 9.17) is 9.47 Å². The minimum absolute atomic E-state index is 0.00688.